The number of aliphatic hydroxyl groups is 1. The highest BCUT2D eigenvalue weighted by molar-refractivity contribution is 5.93. The minimum Gasteiger partial charge on any atom is -0.448 e. The summed E-state index contributed by atoms with van der Waals surface area (Å²) in [4.78, 5) is 18.2. The highest BCUT2D eigenvalue weighted by Gasteiger charge is 2.29. The van der Waals surface area contributed by atoms with Crippen molar-refractivity contribution in [3.8, 4) is 0 Å². The Morgan fingerprint density at radius 2 is 2.04 bits per heavy atom. The zero-order valence-corrected chi connectivity index (χ0v) is 14.0. The van der Waals surface area contributed by atoms with Crippen molar-refractivity contribution in [3.63, 3.8) is 0 Å². The van der Waals surface area contributed by atoms with Gasteiger partial charge in [-0.05, 0) is 44.1 Å². The lowest BCUT2D eigenvalue weighted by Gasteiger charge is -2.34. The van der Waals surface area contributed by atoms with E-state index in [0.29, 0.717) is 24.5 Å². The van der Waals surface area contributed by atoms with Gasteiger partial charge < -0.3 is 14.4 Å². The van der Waals surface area contributed by atoms with Gasteiger partial charge in [-0.2, -0.15) is 0 Å². The predicted molar refractivity (Wildman–Crippen MR) is 90.6 cm³/mol. The van der Waals surface area contributed by atoms with Crippen LogP contribution < -0.4 is 0 Å². The molecule has 0 spiro atoms. The average molecular weight is 328 g/mol. The minimum absolute atomic E-state index is 0.0709. The first-order valence-corrected chi connectivity index (χ1v) is 8.56. The van der Waals surface area contributed by atoms with Crippen molar-refractivity contribution < 1.29 is 14.3 Å². The largest absolute Gasteiger partial charge is 0.448 e. The van der Waals surface area contributed by atoms with Crippen LogP contribution in [0, 0.1) is 12.8 Å². The fourth-order valence-corrected chi connectivity index (χ4v) is 3.34. The van der Waals surface area contributed by atoms with Crippen molar-refractivity contribution >= 4 is 5.91 Å². The second-order valence-corrected chi connectivity index (χ2v) is 6.48. The van der Waals surface area contributed by atoms with Crippen LogP contribution in [-0.2, 0) is 6.42 Å². The van der Waals surface area contributed by atoms with Crippen LogP contribution >= 0.6 is 0 Å². The molecule has 0 saturated carbocycles. The van der Waals surface area contributed by atoms with E-state index in [4.69, 9.17) is 4.42 Å². The molecule has 2 aromatic rings. The van der Waals surface area contributed by atoms with Gasteiger partial charge in [0.15, 0.2) is 12.1 Å². The number of carbonyl (C=O) groups is 1. The quantitative estimate of drug-likeness (QED) is 0.916. The van der Waals surface area contributed by atoms with Gasteiger partial charge in [-0.15, -0.1) is 0 Å². The number of aliphatic hydroxyl groups excluding tert-OH is 1. The Labute approximate surface area is 142 Å². The van der Waals surface area contributed by atoms with Gasteiger partial charge in [0.1, 0.15) is 5.76 Å². The molecule has 24 heavy (non-hydrogen) atoms. The van der Waals surface area contributed by atoms with Crippen LogP contribution in [0.5, 0.6) is 0 Å². The molecule has 128 valence electrons. The highest BCUT2D eigenvalue weighted by Crippen LogP contribution is 2.24. The zero-order valence-electron chi connectivity index (χ0n) is 14.0. The van der Waals surface area contributed by atoms with Crippen molar-refractivity contribution in [2.45, 2.75) is 38.7 Å². The molecule has 1 saturated heterocycles. The molecule has 1 unspecified atom stereocenters. The summed E-state index contributed by atoms with van der Waals surface area (Å²) in [5, 5.41) is 10.5. The SMILES string of the molecule is Cc1ocnc1C(=O)N1CCC(C(O)CCc2ccccc2)CC1. The molecule has 1 aromatic heterocycles. The maximum atomic E-state index is 12.4. The lowest BCUT2D eigenvalue weighted by atomic mass is 9.88. The molecule has 0 bridgehead atoms. The number of benzene rings is 1. The molecule has 1 N–H and O–H groups in total. The summed E-state index contributed by atoms with van der Waals surface area (Å²) in [5.41, 5.74) is 1.66. The third kappa shape index (κ3) is 3.85. The van der Waals surface area contributed by atoms with E-state index in [1.165, 1.54) is 12.0 Å². The van der Waals surface area contributed by atoms with Crippen LogP contribution in [0.1, 0.15) is 41.1 Å². The zero-order chi connectivity index (χ0) is 16.9. The number of carbonyl (C=O) groups excluding carboxylic acids is 1. The van der Waals surface area contributed by atoms with E-state index in [1.807, 2.05) is 23.1 Å². The van der Waals surface area contributed by atoms with Crippen molar-refractivity contribution in [3.05, 3.63) is 53.7 Å². The summed E-state index contributed by atoms with van der Waals surface area (Å²) in [6.07, 6.45) is 4.32. The molecule has 1 atom stereocenters. The number of hydrogen-bond donors (Lipinski definition) is 1. The van der Waals surface area contributed by atoms with Crippen LogP contribution in [0.25, 0.3) is 0 Å². The number of likely N-dealkylation sites (tertiary alicyclic amines) is 1. The van der Waals surface area contributed by atoms with Gasteiger partial charge in [-0.3, -0.25) is 4.79 Å². The molecular weight excluding hydrogens is 304 g/mol. The minimum atomic E-state index is -0.309. The first-order valence-electron chi connectivity index (χ1n) is 8.56. The van der Waals surface area contributed by atoms with E-state index >= 15 is 0 Å². The lowest BCUT2D eigenvalue weighted by Crippen LogP contribution is -2.41. The third-order valence-electron chi connectivity index (χ3n) is 4.89. The van der Waals surface area contributed by atoms with Gasteiger partial charge in [0.25, 0.3) is 5.91 Å². The number of aromatic nitrogens is 1. The average Bonchev–Trinajstić information content (AvgIpc) is 3.06. The van der Waals surface area contributed by atoms with Gasteiger partial charge in [0.2, 0.25) is 0 Å². The number of nitrogens with zero attached hydrogens (tertiary/aromatic N) is 2. The molecule has 3 rings (SSSR count). The molecule has 5 heteroatoms. The molecule has 0 radical (unpaired) electrons. The Hall–Kier alpha value is -2.14. The van der Waals surface area contributed by atoms with Gasteiger partial charge in [0.05, 0.1) is 6.10 Å². The molecule has 1 aromatic carbocycles. The highest BCUT2D eigenvalue weighted by atomic mass is 16.3. The van der Waals surface area contributed by atoms with Crippen LogP contribution in [0.2, 0.25) is 0 Å². The summed E-state index contributed by atoms with van der Waals surface area (Å²) in [6, 6.07) is 10.2. The van der Waals surface area contributed by atoms with E-state index in [0.717, 1.165) is 25.7 Å². The van der Waals surface area contributed by atoms with E-state index in [1.54, 1.807) is 6.92 Å². The van der Waals surface area contributed by atoms with Crippen LogP contribution in [0.4, 0.5) is 0 Å². The second-order valence-electron chi connectivity index (χ2n) is 6.48. The molecule has 1 aliphatic heterocycles. The Morgan fingerprint density at radius 3 is 2.67 bits per heavy atom. The molecule has 1 aliphatic rings. The van der Waals surface area contributed by atoms with E-state index in [-0.39, 0.29) is 17.9 Å². The molecule has 2 heterocycles. The van der Waals surface area contributed by atoms with Crippen molar-refractivity contribution in [1.82, 2.24) is 9.88 Å². The summed E-state index contributed by atoms with van der Waals surface area (Å²) >= 11 is 0. The fourth-order valence-electron chi connectivity index (χ4n) is 3.34. The van der Waals surface area contributed by atoms with Gasteiger partial charge in [0, 0.05) is 13.1 Å². The standard InChI is InChI=1S/C19H24N2O3/c1-14-18(20-13-24-14)19(23)21-11-9-16(10-12-21)17(22)8-7-15-5-3-2-4-6-15/h2-6,13,16-17,22H,7-12H2,1H3. The molecular formula is C19H24N2O3. The first-order chi connectivity index (χ1) is 11.6. The Bertz CT molecular complexity index is 660. The van der Waals surface area contributed by atoms with Gasteiger partial charge in [-0.1, -0.05) is 30.3 Å². The third-order valence-corrected chi connectivity index (χ3v) is 4.89. The Kier molecular flexibility index (Phi) is 5.30. The smallest absolute Gasteiger partial charge is 0.276 e. The normalized spacial score (nSPS) is 17.0. The van der Waals surface area contributed by atoms with Crippen molar-refractivity contribution in [2.75, 3.05) is 13.1 Å². The number of amides is 1. The van der Waals surface area contributed by atoms with Crippen molar-refractivity contribution in [1.29, 1.82) is 0 Å². The van der Waals surface area contributed by atoms with Crippen molar-refractivity contribution in [2.24, 2.45) is 5.92 Å². The fraction of sp³-hybridized carbons (Fsp3) is 0.474. The van der Waals surface area contributed by atoms with Gasteiger partial charge >= 0.3 is 0 Å². The topological polar surface area (TPSA) is 66.6 Å². The molecule has 1 fully saturated rings. The summed E-state index contributed by atoms with van der Waals surface area (Å²) < 4.78 is 5.11. The second kappa shape index (κ2) is 7.62. The summed E-state index contributed by atoms with van der Waals surface area (Å²) in [7, 11) is 0. The number of piperidine rings is 1. The van der Waals surface area contributed by atoms with Gasteiger partial charge in [-0.25, -0.2) is 4.98 Å². The number of rotatable bonds is 5. The van der Waals surface area contributed by atoms with E-state index in [9.17, 15) is 9.90 Å². The summed E-state index contributed by atoms with van der Waals surface area (Å²) in [5.74, 6) is 0.750. The number of oxazole rings is 1. The van der Waals surface area contributed by atoms with Crippen LogP contribution in [-0.4, -0.2) is 40.1 Å². The van der Waals surface area contributed by atoms with Crippen LogP contribution in [0.15, 0.2) is 41.1 Å². The maximum Gasteiger partial charge on any atom is 0.276 e. The van der Waals surface area contributed by atoms with E-state index in [2.05, 4.69) is 17.1 Å². The molecule has 0 aliphatic carbocycles. The van der Waals surface area contributed by atoms with Crippen LogP contribution in [0.3, 0.4) is 0 Å². The first kappa shape index (κ1) is 16.7. The maximum absolute atomic E-state index is 12.4. The Morgan fingerprint density at radius 1 is 1.33 bits per heavy atom. The Balaban J connectivity index is 1.48. The number of hydrogen-bond acceptors (Lipinski definition) is 4. The monoisotopic (exact) mass is 328 g/mol. The predicted octanol–water partition coefficient (Wildman–Crippen LogP) is 2.83. The number of aryl methyl sites for hydroxylation is 2. The molecule has 5 nitrogen and oxygen atoms in total. The molecule has 1 amide bonds. The summed E-state index contributed by atoms with van der Waals surface area (Å²) in [6.45, 7) is 3.08. The van der Waals surface area contributed by atoms with E-state index < -0.39 is 0 Å². The lowest BCUT2D eigenvalue weighted by molar-refractivity contribution is 0.0433.